The Morgan fingerprint density at radius 2 is 1.75 bits per heavy atom. The minimum absolute atomic E-state index is 0.423. The van der Waals surface area contributed by atoms with Gasteiger partial charge in [0.25, 0.3) is 4.84 Å². The fourth-order valence-electron chi connectivity index (χ4n) is 1.50. The monoisotopic (exact) mass is 265 g/mol. The molecule has 0 aliphatic heterocycles. The van der Waals surface area contributed by atoms with E-state index >= 15 is 0 Å². The van der Waals surface area contributed by atoms with E-state index in [2.05, 4.69) is 11.1 Å². The smallest absolute Gasteiger partial charge is 0.266 e. The topological polar surface area (TPSA) is 28.9 Å². The van der Waals surface area contributed by atoms with E-state index in [1.807, 2.05) is 29.0 Å². The number of rotatable bonds is 2. The predicted octanol–water partition coefficient (Wildman–Crippen LogP) is 4.79. The Hall–Kier alpha value is -1.17. The van der Waals surface area contributed by atoms with Gasteiger partial charge in [-0.2, -0.15) is 0 Å². The summed E-state index contributed by atoms with van der Waals surface area (Å²) in [6.07, 6.45) is 0. The summed E-state index contributed by atoms with van der Waals surface area (Å²) < 4.78 is 5.56. The minimum atomic E-state index is 0.423. The molecule has 0 saturated heterocycles. The standard InChI is InChI=1S/C11H7NOS3/c14-11-12-9(7-3-1-5-15-7)10(13-11)8-4-2-6-16-8/h1-6H,(H,12,14). The molecule has 80 valence electrons. The van der Waals surface area contributed by atoms with Crippen LogP contribution in [0.2, 0.25) is 0 Å². The van der Waals surface area contributed by atoms with Crippen molar-refractivity contribution >= 4 is 34.9 Å². The van der Waals surface area contributed by atoms with Gasteiger partial charge in [-0.3, -0.25) is 0 Å². The van der Waals surface area contributed by atoms with Gasteiger partial charge in [0.2, 0.25) is 0 Å². The lowest BCUT2D eigenvalue weighted by Gasteiger charge is -1.95. The summed E-state index contributed by atoms with van der Waals surface area (Å²) in [7, 11) is 0. The summed E-state index contributed by atoms with van der Waals surface area (Å²) in [4.78, 5) is 5.76. The molecule has 0 atom stereocenters. The van der Waals surface area contributed by atoms with Crippen molar-refractivity contribution in [2.75, 3.05) is 0 Å². The number of hydrogen-bond donors (Lipinski definition) is 1. The second-order valence-corrected chi connectivity index (χ2v) is 5.44. The zero-order valence-electron chi connectivity index (χ0n) is 8.10. The third-order valence-electron chi connectivity index (χ3n) is 2.16. The highest BCUT2D eigenvalue weighted by Crippen LogP contribution is 2.36. The SMILES string of the molecule is S=c1[nH]c(-c2cccs2)c(-c2cccs2)o1. The first kappa shape index (κ1) is 10.0. The fraction of sp³-hybridized carbons (Fsp3) is 0. The molecule has 3 aromatic heterocycles. The van der Waals surface area contributed by atoms with Crippen molar-refractivity contribution in [2.24, 2.45) is 0 Å². The molecule has 0 unspecified atom stereocenters. The third kappa shape index (κ3) is 1.67. The molecule has 0 bridgehead atoms. The molecule has 0 aliphatic carbocycles. The van der Waals surface area contributed by atoms with Gasteiger partial charge in [0.15, 0.2) is 5.76 Å². The highest BCUT2D eigenvalue weighted by Gasteiger charge is 2.14. The Bertz CT molecular complexity index is 576. The van der Waals surface area contributed by atoms with Crippen LogP contribution < -0.4 is 0 Å². The van der Waals surface area contributed by atoms with Crippen LogP contribution >= 0.6 is 34.9 Å². The summed E-state index contributed by atoms with van der Waals surface area (Å²) in [5, 5.41) is 4.07. The maximum atomic E-state index is 5.56. The summed E-state index contributed by atoms with van der Waals surface area (Å²) in [5.74, 6) is 0.836. The Morgan fingerprint density at radius 1 is 1.06 bits per heavy atom. The molecule has 0 amide bonds. The molecular weight excluding hydrogens is 258 g/mol. The molecule has 0 aliphatic rings. The van der Waals surface area contributed by atoms with Crippen molar-refractivity contribution in [3.05, 3.63) is 39.9 Å². The van der Waals surface area contributed by atoms with Crippen LogP contribution in [0.4, 0.5) is 0 Å². The van der Waals surface area contributed by atoms with Crippen molar-refractivity contribution in [3.8, 4) is 21.2 Å². The lowest BCUT2D eigenvalue weighted by molar-refractivity contribution is 0.556. The quantitative estimate of drug-likeness (QED) is 0.675. The number of thiophene rings is 2. The second-order valence-electron chi connectivity index (χ2n) is 3.17. The van der Waals surface area contributed by atoms with Gasteiger partial charge in [-0.05, 0) is 35.1 Å². The van der Waals surface area contributed by atoms with Gasteiger partial charge in [-0.15, -0.1) is 22.7 Å². The van der Waals surface area contributed by atoms with Crippen LogP contribution in [0.1, 0.15) is 0 Å². The van der Waals surface area contributed by atoms with Gasteiger partial charge in [0.05, 0.1) is 9.75 Å². The average molecular weight is 265 g/mol. The third-order valence-corrected chi connectivity index (χ3v) is 4.10. The first-order chi connectivity index (χ1) is 7.84. The molecule has 3 heterocycles. The molecule has 2 nitrogen and oxygen atoms in total. The summed E-state index contributed by atoms with van der Waals surface area (Å²) in [6, 6.07) is 8.10. The van der Waals surface area contributed by atoms with E-state index in [0.29, 0.717) is 4.84 Å². The van der Waals surface area contributed by atoms with Gasteiger partial charge in [-0.1, -0.05) is 12.1 Å². The van der Waals surface area contributed by atoms with Crippen LogP contribution in [0.3, 0.4) is 0 Å². The number of oxazole rings is 1. The van der Waals surface area contributed by atoms with Crippen LogP contribution in [0, 0.1) is 4.84 Å². The van der Waals surface area contributed by atoms with E-state index in [9.17, 15) is 0 Å². The number of aromatic amines is 1. The highest BCUT2D eigenvalue weighted by atomic mass is 32.1. The molecule has 5 heteroatoms. The van der Waals surface area contributed by atoms with Crippen LogP contribution in [-0.4, -0.2) is 4.98 Å². The minimum Gasteiger partial charge on any atom is -0.428 e. The molecule has 16 heavy (non-hydrogen) atoms. The van der Waals surface area contributed by atoms with Gasteiger partial charge in [0.1, 0.15) is 5.69 Å². The van der Waals surface area contributed by atoms with E-state index in [4.69, 9.17) is 16.6 Å². The number of H-pyrrole nitrogens is 1. The summed E-state index contributed by atoms with van der Waals surface area (Å²) in [5.41, 5.74) is 0.974. The molecule has 3 aromatic rings. The summed E-state index contributed by atoms with van der Waals surface area (Å²) >= 11 is 8.37. The maximum absolute atomic E-state index is 5.56. The van der Waals surface area contributed by atoms with Gasteiger partial charge in [-0.25, -0.2) is 0 Å². The zero-order valence-corrected chi connectivity index (χ0v) is 10.5. The number of aromatic nitrogens is 1. The summed E-state index contributed by atoms with van der Waals surface area (Å²) in [6.45, 7) is 0. The van der Waals surface area contributed by atoms with Crippen LogP contribution in [0.5, 0.6) is 0 Å². The fourth-order valence-corrected chi connectivity index (χ4v) is 3.12. The Kier molecular flexibility index (Phi) is 2.51. The van der Waals surface area contributed by atoms with Crippen LogP contribution in [0.15, 0.2) is 39.4 Å². The van der Waals surface area contributed by atoms with Gasteiger partial charge >= 0.3 is 0 Å². The normalized spacial score (nSPS) is 10.8. The molecular formula is C11H7NOS3. The molecule has 0 aromatic carbocycles. The Balaban J connectivity index is 2.23. The molecule has 1 N–H and O–H groups in total. The van der Waals surface area contributed by atoms with Crippen molar-refractivity contribution in [3.63, 3.8) is 0 Å². The van der Waals surface area contributed by atoms with Crippen molar-refractivity contribution < 1.29 is 4.42 Å². The Morgan fingerprint density at radius 3 is 2.38 bits per heavy atom. The Labute approximate surface area is 105 Å². The van der Waals surface area contributed by atoms with E-state index in [0.717, 1.165) is 21.2 Å². The molecule has 0 saturated carbocycles. The zero-order chi connectivity index (χ0) is 11.0. The van der Waals surface area contributed by atoms with Gasteiger partial charge < -0.3 is 9.40 Å². The van der Waals surface area contributed by atoms with E-state index < -0.39 is 0 Å². The highest BCUT2D eigenvalue weighted by molar-refractivity contribution is 7.71. The van der Waals surface area contributed by atoms with Crippen molar-refractivity contribution in [2.45, 2.75) is 0 Å². The van der Waals surface area contributed by atoms with Crippen LogP contribution in [0.25, 0.3) is 21.2 Å². The van der Waals surface area contributed by atoms with E-state index in [-0.39, 0.29) is 0 Å². The molecule has 3 rings (SSSR count). The lowest BCUT2D eigenvalue weighted by atomic mass is 10.2. The van der Waals surface area contributed by atoms with E-state index in [1.54, 1.807) is 22.7 Å². The van der Waals surface area contributed by atoms with Crippen molar-refractivity contribution in [1.82, 2.24) is 4.98 Å². The largest absolute Gasteiger partial charge is 0.428 e. The molecule has 0 fully saturated rings. The molecule has 0 spiro atoms. The average Bonchev–Trinajstić information content (AvgIpc) is 2.98. The first-order valence-corrected chi connectivity index (χ1v) is 6.82. The maximum Gasteiger partial charge on any atom is 0.266 e. The van der Waals surface area contributed by atoms with Gasteiger partial charge in [0, 0.05) is 0 Å². The van der Waals surface area contributed by atoms with E-state index in [1.165, 1.54) is 0 Å². The number of nitrogens with one attached hydrogen (secondary N) is 1. The predicted molar refractivity (Wildman–Crippen MR) is 70.5 cm³/mol. The molecule has 0 radical (unpaired) electrons. The first-order valence-electron chi connectivity index (χ1n) is 4.65. The van der Waals surface area contributed by atoms with Crippen LogP contribution in [-0.2, 0) is 0 Å². The second kappa shape index (κ2) is 4.01. The van der Waals surface area contributed by atoms with Crippen molar-refractivity contribution in [1.29, 1.82) is 0 Å². The lowest BCUT2D eigenvalue weighted by Crippen LogP contribution is -1.74. The number of hydrogen-bond acceptors (Lipinski definition) is 4.